The van der Waals surface area contributed by atoms with E-state index >= 15 is 0 Å². The predicted octanol–water partition coefficient (Wildman–Crippen LogP) is 2.03. The second-order valence-electron chi connectivity index (χ2n) is 4.34. The molecule has 0 bridgehead atoms. The van der Waals surface area contributed by atoms with Crippen LogP contribution in [0.25, 0.3) is 0 Å². The molecule has 0 atom stereocenters. The van der Waals surface area contributed by atoms with Gasteiger partial charge in [0, 0.05) is 11.6 Å². The van der Waals surface area contributed by atoms with Crippen molar-refractivity contribution >= 4 is 0 Å². The lowest BCUT2D eigenvalue weighted by molar-refractivity contribution is 0.235. The van der Waals surface area contributed by atoms with Gasteiger partial charge in [-0.2, -0.15) is 0 Å². The van der Waals surface area contributed by atoms with Gasteiger partial charge in [-0.1, -0.05) is 11.6 Å². The molecule has 1 aromatic carbocycles. The van der Waals surface area contributed by atoms with Crippen molar-refractivity contribution in [2.45, 2.75) is 20.1 Å². The van der Waals surface area contributed by atoms with Gasteiger partial charge in [-0.15, -0.1) is 0 Å². The Morgan fingerprint density at radius 2 is 2.05 bits per heavy atom. The minimum atomic E-state index is -0.327. The van der Waals surface area contributed by atoms with Crippen LogP contribution in [-0.2, 0) is 13.2 Å². The first-order chi connectivity index (χ1) is 9.63. The highest BCUT2D eigenvalue weighted by Gasteiger charge is 2.08. The molecule has 0 saturated carbocycles. The highest BCUT2D eigenvalue weighted by molar-refractivity contribution is 5.36. The Kier molecular flexibility index (Phi) is 4.42. The largest absolute Gasteiger partial charge is 0.496 e. The molecule has 0 spiro atoms. The lowest BCUT2D eigenvalue weighted by Gasteiger charge is -2.10. The molecule has 0 amide bonds. The first-order valence-corrected chi connectivity index (χ1v) is 6.13. The SMILES string of the molecule is COc1ccc(C)cc1COc1coc(CO)cc1=O. The fourth-order valence-electron chi connectivity index (χ4n) is 1.80. The minimum Gasteiger partial charge on any atom is -0.496 e. The number of aryl methyl sites for hydroxylation is 1. The summed E-state index contributed by atoms with van der Waals surface area (Å²) in [7, 11) is 1.58. The van der Waals surface area contributed by atoms with Gasteiger partial charge in [-0.25, -0.2) is 0 Å². The summed E-state index contributed by atoms with van der Waals surface area (Å²) in [4.78, 5) is 11.7. The van der Waals surface area contributed by atoms with Crippen molar-refractivity contribution in [2.75, 3.05) is 7.11 Å². The lowest BCUT2D eigenvalue weighted by Crippen LogP contribution is -2.08. The summed E-state index contributed by atoms with van der Waals surface area (Å²) in [5.74, 6) is 1.01. The van der Waals surface area contributed by atoms with Gasteiger partial charge in [-0.05, 0) is 19.1 Å². The van der Waals surface area contributed by atoms with E-state index in [9.17, 15) is 4.79 Å². The van der Waals surface area contributed by atoms with E-state index in [2.05, 4.69) is 0 Å². The van der Waals surface area contributed by atoms with E-state index in [1.807, 2.05) is 25.1 Å². The molecule has 0 radical (unpaired) electrons. The summed E-state index contributed by atoms with van der Waals surface area (Å²) in [6, 6.07) is 6.93. The average Bonchev–Trinajstić information content (AvgIpc) is 2.46. The third kappa shape index (κ3) is 3.19. The Hall–Kier alpha value is -2.27. The van der Waals surface area contributed by atoms with E-state index in [4.69, 9.17) is 19.0 Å². The molecule has 5 nitrogen and oxygen atoms in total. The molecule has 0 aliphatic rings. The Morgan fingerprint density at radius 3 is 2.70 bits per heavy atom. The number of hydrogen-bond donors (Lipinski definition) is 1. The number of aliphatic hydroxyl groups excluding tert-OH is 1. The van der Waals surface area contributed by atoms with E-state index in [0.717, 1.165) is 11.1 Å². The Labute approximate surface area is 116 Å². The van der Waals surface area contributed by atoms with Crippen molar-refractivity contribution < 1.29 is 19.0 Å². The van der Waals surface area contributed by atoms with Crippen LogP contribution in [0, 0.1) is 6.92 Å². The first kappa shape index (κ1) is 14.1. The Balaban J connectivity index is 2.16. The maximum absolute atomic E-state index is 11.7. The molecule has 106 valence electrons. The van der Waals surface area contributed by atoms with Gasteiger partial charge in [0.1, 0.15) is 31.0 Å². The molecule has 0 unspecified atom stereocenters. The number of ether oxygens (including phenoxy) is 2. The van der Waals surface area contributed by atoms with Gasteiger partial charge in [0.15, 0.2) is 0 Å². The minimum absolute atomic E-state index is 0.103. The lowest BCUT2D eigenvalue weighted by atomic mass is 10.1. The molecule has 20 heavy (non-hydrogen) atoms. The van der Waals surface area contributed by atoms with Gasteiger partial charge in [0.05, 0.1) is 7.11 Å². The number of benzene rings is 1. The molecule has 2 rings (SSSR count). The number of methoxy groups -OCH3 is 1. The van der Waals surface area contributed by atoms with Crippen LogP contribution >= 0.6 is 0 Å². The third-order valence-electron chi connectivity index (χ3n) is 2.83. The predicted molar refractivity (Wildman–Crippen MR) is 73.0 cm³/mol. The van der Waals surface area contributed by atoms with Crippen LogP contribution in [0.1, 0.15) is 16.9 Å². The van der Waals surface area contributed by atoms with Gasteiger partial charge in [0.2, 0.25) is 11.2 Å². The fourth-order valence-corrected chi connectivity index (χ4v) is 1.80. The topological polar surface area (TPSA) is 68.9 Å². The van der Waals surface area contributed by atoms with Crippen LogP contribution in [0.5, 0.6) is 11.5 Å². The summed E-state index contributed by atoms with van der Waals surface area (Å²) in [6.45, 7) is 1.85. The number of hydrogen-bond acceptors (Lipinski definition) is 5. The highest BCUT2D eigenvalue weighted by atomic mass is 16.5. The van der Waals surface area contributed by atoms with Crippen molar-refractivity contribution in [3.63, 3.8) is 0 Å². The molecule has 1 aromatic heterocycles. The van der Waals surface area contributed by atoms with Gasteiger partial charge in [-0.3, -0.25) is 4.79 Å². The monoisotopic (exact) mass is 276 g/mol. The van der Waals surface area contributed by atoms with Crippen LogP contribution in [-0.4, -0.2) is 12.2 Å². The molecule has 1 N–H and O–H groups in total. The van der Waals surface area contributed by atoms with E-state index in [-0.39, 0.29) is 30.2 Å². The van der Waals surface area contributed by atoms with E-state index < -0.39 is 0 Å². The number of aliphatic hydroxyl groups is 1. The van der Waals surface area contributed by atoms with Crippen molar-refractivity contribution in [3.05, 3.63) is 57.6 Å². The van der Waals surface area contributed by atoms with Crippen LogP contribution in [0.2, 0.25) is 0 Å². The van der Waals surface area contributed by atoms with Crippen molar-refractivity contribution in [2.24, 2.45) is 0 Å². The van der Waals surface area contributed by atoms with E-state index in [1.165, 1.54) is 12.3 Å². The summed E-state index contributed by atoms with van der Waals surface area (Å²) in [5, 5.41) is 8.87. The zero-order valence-electron chi connectivity index (χ0n) is 11.4. The normalized spacial score (nSPS) is 10.3. The van der Waals surface area contributed by atoms with Gasteiger partial charge >= 0.3 is 0 Å². The standard InChI is InChI=1S/C15H16O5/c1-10-3-4-14(18-2)11(5-10)8-20-15-9-19-12(7-16)6-13(15)17/h3-6,9,16H,7-8H2,1-2H3. The van der Waals surface area contributed by atoms with Gasteiger partial charge in [0.25, 0.3) is 0 Å². The summed E-state index contributed by atoms with van der Waals surface area (Å²) in [6.07, 6.45) is 1.20. The molecular weight excluding hydrogens is 260 g/mol. The van der Waals surface area contributed by atoms with Crippen LogP contribution in [0.3, 0.4) is 0 Å². The maximum atomic E-state index is 11.7. The van der Waals surface area contributed by atoms with Crippen molar-refractivity contribution in [1.29, 1.82) is 0 Å². The Bertz CT molecular complexity index is 645. The molecule has 0 fully saturated rings. The summed E-state index contributed by atoms with van der Waals surface area (Å²) < 4.78 is 15.7. The summed E-state index contributed by atoms with van der Waals surface area (Å²) >= 11 is 0. The van der Waals surface area contributed by atoms with Crippen molar-refractivity contribution in [3.8, 4) is 11.5 Å². The zero-order chi connectivity index (χ0) is 14.5. The van der Waals surface area contributed by atoms with Gasteiger partial charge < -0.3 is 19.0 Å². The van der Waals surface area contributed by atoms with Crippen LogP contribution in [0.15, 0.2) is 39.7 Å². The van der Waals surface area contributed by atoms with Crippen LogP contribution < -0.4 is 14.9 Å². The Morgan fingerprint density at radius 1 is 1.25 bits per heavy atom. The summed E-state index contributed by atoms with van der Waals surface area (Å²) in [5.41, 5.74) is 1.59. The molecule has 1 heterocycles. The van der Waals surface area contributed by atoms with Crippen LogP contribution in [0.4, 0.5) is 0 Å². The molecule has 5 heteroatoms. The number of rotatable bonds is 5. The zero-order valence-corrected chi connectivity index (χ0v) is 11.4. The highest BCUT2D eigenvalue weighted by Crippen LogP contribution is 2.21. The quantitative estimate of drug-likeness (QED) is 0.905. The molecular formula is C15H16O5. The molecule has 0 saturated heterocycles. The average molecular weight is 276 g/mol. The third-order valence-corrected chi connectivity index (χ3v) is 2.83. The van der Waals surface area contributed by atoms with E-state index in [1.54, 1.807) is 7.11 Å². The second-order valence-corrected chi connectivity index (χ2v) is 4.34. The molecule has 0 aliphatic carbocycles. The smallest absolute Gasteiger partial charge is 0.227 e. The van der Waals surface area contributed by atoms with Crippen molar-refractivity contribution in [1.82, 2.24) is 0 Å². The fraction of sp³-hybridized carbons (Fsp3) is 0.267. The van der Waals surface area contributed by atoms with E-state index in [0.29, 0.717) is 5.75 Å². The molecule has 2 aromatic rings. The first-order valence-electron chi connectivity index (χ1n) is 6.13. The molecule has 0 aliphatic heterocycles. The maximum Gasteiger partial charge on any atom is 0.227 e. The second kappa shape index (κ2) is 6.25.